The molecule has 0 saturated carbocycles. The fraction of sp³-hybridized carbons (Fsp3) is 0.267. The number of amides is 2. The first-order valence-electron chi connectivity index (χ1n) is 7.06. The molecule has 2 aromatic rings. The first-order chi connectivity index (χ1) is 10.6. The predicted octanol–water partition coefficient (Wildman–Crippen LogP) is 0.782. The van der Waals surface area contributed by atoms with E-state index in [1.807, 2.05) is 19.1 Å². The van der Waals surface area contributed by atoms with Crippen molar-refractivity contribution in [1.82, 2.24) is 14.9 Å². The molecule has 0 fully saturated rings. The van der Waals surface area contributed by atoms with E-state index >= 15 is 0 Å². The number of β-amino-alcohol motifs (C(OH)–C–C–N with tert-alkyl or cyclic N) is 1. The van der Waals surface area contributed by atoms with Crippen molar-refractivity contribution >= 4 is 28.5 Å². The van der Waals surface area contributed by atoms with Crippen LogP contribution < -0.4 is 5.32 Å². The lowest BCUT2D eigenvalue weighted by Crippen LogP contribution is -2.34. The largest absolute Gasteiger partial charge is 0.395 e. The maximum Gasteiger partial charge on any atom is 0.277 e. The van der Waals surface area contributed by atoms with Crippen molar-refractivity contribution < 1.29 is 14.7 Å². The summed E-state index contributed by atoms with van der Waals surface area (Å²) in [6.45, 7) is 1.76. The lowest BCUT2D eigenvalue weighted by Gasteiger charge is -2.13. The Morgan fingerprint density at radius 2 is 2.18 bits per heavy atom. The molecule has 2 amide bonds. The topological polar surface area (TPSA) is 98.3 Å². The zero-order valence-corrected chi connectivity index (χ0v) is 12.1. The van der Waals surface area contributed by atoms with Crippen molar-refractivity contribution in [3.05, 3.63) is 35.8 Å². The quantitative estimate of drug-likeness (QED) is 0.709. The van der Waals surface area contributed by atoms with E-state index in [9.17, 15) is 9.59 Å². The van der Waals surface area contributed by atoms with Crippen LogP contribution in [-0.4, -0.2) is 44.9 Å². The number of carbonyl (C=O) groups excluding carboxylic acids is 2. The van der Waals surface area contributed by atoms with Crippen LogP contribution in [0.5, 0.6) is 0 Å². The van der Waals surface area contributed by atoms with E-state index in [2.05, 4.69) is 15.3 Å². The summed E-state index contributed by atoms with van der Waals surface area (Å²) in [5.41, 5.74) is 2.61. The van der Waals surface area contributed by atoms with E-state index in [-0.39, 0.29) is 18.8 Å². The van der Waals surface area contributed by atoms with Gasteiger partial charge in [-0.15, -0.1) is 0 Å². The van der Waals surface area contributed by atoms with Crippen LogP contribution in [0.4, 0.5) is 5.69 Å². The highest BCUT2D eigenvalue weighted by molar-refractivity contribution is 6.17. The third kappa shape index (κ3) is 2.46. The van der Waals surface area contributed by atoms with Gasteiger partial charge in [-0.05, 0) is 18.2 Å². The molecule has 0 saturated heterocycles. The molecule has 1 aliphatic rings. The highest BCUT2D eigenvalue weighted by Crippen LogP contribution is 2.21. The number of anilines is 1. The average Bonchev–Trinajstić information content (AvgIpc) is 3.03. The molecule has 3 rings (SSSR count). The molecule has 114 valence electrons. The van der Waals surface area contributed by atoms with Crippen LogP contribution in [0.15, 0.2) is 30.0 Å². The van der Waals surface area contributed by atoms with Gasteiger partial charge in [0.2, 0.25) is 0 Å². The van der Waals surface area contributed by atoms with Crippen molar-refractivity contribution in [3.8, 4) is 0 Å². The molecule has 7 nitrogen and oxygen atoms in total. The first-order valence-corrected chi connectivity index (χ1v) is 7.06. The molecule has 3 N–H and O–H groups in total. The molecule has 22 heavy (non-hydrogen) atoms. The van der Waals surface area contributed by atoms with Crippen LogP contribution in [-0.2, 0) is 16.0 Å². The third-order valence-electron chi connectivity index (χ3n) is 3.48. The predicted molar refractivity (Wildman–Crippen MR) is 81.0 cm³/mol. The summed E-state index contributed by atoms with van der Waals surface area (Å²) in [7, 11) is 0. The number of hydrogen-bond donors (Lipinski definition) is 3. The fourth-order valence-corrected chi connectivity index (χ4v) is 2.37. The first kappa shape index (κ1) is 14.3. The van der Waals surface area contributed by atoms with Gasteiger partial charge in [-0.2, -0.15) is 0 Å². The second kappa shape index (κ2) is 5.61. The number of hydrogen-bond acceptors (Lipinski definition) is 5. The Morgan fingerprint density at radius 3 is 2.91 bits per heavy atom. The number of rotatable bonds is 5. The number of aromatic amines is 1. The molecule has 1 aromatic heterocycles. The van der Waals surface area contributed by atoms with E-state index in [1.165, 1.54) is 6.08 Å². The number of imidazole rings is 1. The van der Waals surface area contributed by atoms with E-state index in [4.69, 9.17) is 5.11 Å². The Kier molecular flexibility index (Phi) is 3.64. The minimum Gasteiger partial charge on any atom is -0.395 e. The molecule has 1 aromatic carbocycles. The average molecular weight is 300 g/mol. The molecule has 0 radical (unpaired) electrons. The molecule has 7 heteroatoms. The Labute approximate surface area is 126 Å². The number of aromatic nitrogens is 2. The van der Waals surface area contributed by atoms with Gasteiger partial charge in [0, 0.05) is 18.2 Å². The van der Waals surface area contributed by atoms with Crippen molar-refractivity contribution in [3.63, 3.8) is 0 Å². The van der Waals surface area contributed by atoms with E-state index in [1.54, 1.807) is 6.07 Å². The molecule has 0 atom stereocenters. The zero-order valence-electron chi connectivity index (χ0n) is 12.1. The Morgan fingerprint density at radius 1 is 1.36 bits per heavy atom. The number of carbonyl (C=O) groups is 2. The summed E-state index contributed by atoms with van der Waals surface area (Å²) in [5.74, 6) is 0.0445. The number of aliphatic hydroxyl groups excluding tert-OH is 1. The lowest BCUT2D eigenvalue weighted by atomic mass is 10.2. The maximum absolute atomic E-state index is 12.1. The van der Waals surface area contributed by atoms with Gasteiger partial charge in [-0.3, -0.25) is 14.5 Å². The number of imide groups is 1. The Bertz CT molecular complexity index is 778. The van der Waals surface area contributed by atoms with Crippen molar-refractivity contribution in [2.45, 2.75) is 13.3 Å². The van der Waals surface area contributed by atoms with Gasteiger partial charge >= 0.3 is 0 Å². The van der Waals surface area contributed by atoms with Gasteiger partial charge in [0.1, 0.15) is 11.5 Å². The lowest BCUT2D eigenvalue weighted by molar-refractivity contribution is -0.137. The molecule has 0 spiro atoms. The maximum atomic E-state index is 12.1. The number of fused-ring (bicyclic) bond motifs is 1. The van der Waals surface area contributed by atoms with Gasteiger partial charge in [-0.1, -0.05) is 6.92 Å². The van der Waals surface area contributed by atoms with Gasteiger partial charge in [0.15, 0.2) is 0 Å². The second-order valence-electron chi connectivity index (χ2n) is 4.97. The fourth-order valence-electron chi connectivity index (χ4n) is 2.37. The summed E-state index contributed by atoms with van der Waals surface area (Å²) in [6, 6.07) is 5.49. The summed E-state index contributed by atoms with van der Waals surface area (Å²) < 4.78 is 0. The zero-order chi connectivity index (χ0) is 15.7. The monoisotopic (exact) mass is 300 g/mol. The number of aryl methyl sites for hydroxylation is 1. The summed E-state index contributed by atoms with van der Waals surface area (Å²) in [4.78, 5) is 32.4. The molecule has 0 unspecified atom stereocenters. The van der Waals surface area contributed by atoms with Crippen molar-refractivity contribution in [2.24, 2.45) is 0 Å². The van der Waals surface area contributed by atoms with Crippen LogP contribution in [0.3, 0.4) is 0 Å². The Balaban J connectivity index is 1.82. The van der Waals surface area contributed by atoms with E-state index in [0.717, 1.165) is 28.2 Å². The normalized spacial score (nSPS) is 14.8. The van der Waals surface area contributed by atoms with E-state index < -0.39 is 11.8 Å². The number of nitrogens with one attached hydrogen (secondary N) is 2. The minimum absolute atomic E-state index is 0.00120. The standard InChI is InChI=1S/C15H16N4O3/c1-2-13-17-10-4-3-9(7-11(10)18-13)16-12-8-14(21)19(5-6-20)15(12)22/h3-4,7-8,16,20H,2,5-6H2,1H3,(H,17,18). The summed E-state index contributed by atoms with van der Waals surface area (Å²) in [5, 5.41) is 11.8. The van der Waals surface area contributed by atoms with Gasteiger partial charge in [0.25, 0.3) is 11.8 Å². The summed E-state index contributed by atoms with van der Waals surface area (Å²) in [6.07, 6.45) is 2.05. The minimum atomic E-state index is -0.432. The van der Waals surface area contributed by atoms with Crippen LogP contribution >= 0.6 is 0 Å². The van der Waals surface area contributed by atoms with Crippen LogP contribution in [0.25, 0.3) is 11.0 Å². The molecule has 1 aliphatic heterocycles. The van der Waals surface area contributed by atoms with E-state index in [0.29, 0.717) is 5.69 Å². The van der Waals surface area contributed by atoms with Gasteiger partial charge < -0.3 is 15.4 Å². The Hall–Kier alpha value is -2.67. The SMILES string of the molecule is CCc1nc2ccc(NC3=CC(=O)N(CCO)C3=O)cc2[nH]1. The molecule has 2 heterocycles. The molecule has 0 bridgehead atoms. The highest BCUT2D eigenvalue weighted by atomic mass is 16.3. The number of aliphatic hydroxyl groups is 1. The van der Waals surface area contributed by atoms with Crippen molar-refractivity contribution in [2.75, 3.05) is 18.5 Å². The van der Waals surface area contributed by atoms with Crippen LogP contribution in [0.2, 0.25) is 0 Å². The summed E-state index contributed by atoms with van der Waals surface area (Å²) >= 11 is 0. The number of nitrogens with zero attached hydrogens (tertiary/aromatic N) is 2. The van der Waals surface area contributed by atoms with Crippen LogP contribution in [0, 0.1) is 0 Å². The third-order valence-corrected chi connectivity index (χ3v) is 3.48. The second-order valence-corrected chi connectivity index (χ2v) is 4.97. The van der Waals surface area contributed by atoms with Gasteiger partial charge in [-0.25, -0.2) is 4.98 Å². The van der Waals surface area contributed by atoms with Gasteiger partial charge in [0.05, 0.1) is 24.2 Å². The van der Waals surface area contributed by atoms with Crippen molar-refractivity contribution in [1.29, 1.82) is 0 Å². The molecule has 0 aliphatic carbocycles. The number of H-pyrrole nitrogens is 1. The molecular weight excluding hydrogens is 284 g/mol. The smallest absolute Gasteiger partial charge is 0.277 e. The highest BCUT2D eigenvalue weighted by Gasteiger charge is 2.30. The van der Waals surface area contributed by atoms with Crippen LogP contribution in [0.1, 0.15) is 12.7 Å². The molecular formula is C15H16N4O3. The number of benzene rings is 1.